The normalized spacial score (nSPS) is 56.2. The number of ether oxygens (including phenoxy) is 4. The summed E-state index contributed by atoms with van der Waals surface area (Å²) in [6, 6.07) is 0. The van der Waals surface area contributed by atoms with Crippen LogP contribution in [-0.2, 0) is 23.7 Å². The van der Waals surface area contributed by atoms with Crippen LogP contribution in [0.2, 0.25) is 0 Å². The fraction of sp³-hybridized carbons (Fsp3) is 0.927. The van der Waals surface area contributed by atoms with Gasteiger partial charge in [-0.1, -0.05) is 53.2 Å². The molecule has 14 heteroatoms. The van der Waals surface area contributed by atoms with Crippen molar-refractivity contribution in [2.24, 2.45) is 50.7 Å². The predicted octanol–water partition coefficient (Wildman–Crippen LogP) is 0.897. The van der Waals surface area contributed by atoms with E-state index in [1.54, 1.807) is 6.92 Å². The minimum Gasteiger partial charge on any atom is -0.432 e. The number of hydrogen-bond acceptors (Lipinski definition) is 14. The van der Waals surface area contributed by atoms with Gasteiger partial charge >= 0.3 is 5.97 Å². The zero-order valence-corrected chi connectivity index (χ0v) is 33.4. The largest absolute Gasteiger partial charge is 0.432 e. The van der Waals surface area contributed by atoms with E-state index in [0.29, 0.717) is 38.5 Å². The first-order valence-electron chi connectivity index (χ1n) is 20.5. The second-order valence-corrected chi connectivity index (χ2v) is 20.0. The van der Waals surface area contributed by atoms with E-state index in [-0.39, 0.29) is 28.6 Å². The Morgan fingerprint density at radius 3 is 2.20 bits per heavy atom. The Morgan fingerprint density at radius 2 is 1.53 bits per heavy atom. The molecule has 2 heterocycles. The fourth-order valence-corrected chi connectivity index (χ4v) is 13.5. The third-order valence-corrected chi connectivity index (χ3v) is 17.2. The smallest absolute Gasteiger partial charge is 0.315 e. The lowest BCUT2D eigenvalue weighted by Crippen LogP contribution is -2.69. The summed E-state index contributed by atoms with van der Waals surface area (Å²) in [4.78, 5) is 15.0. The lowest BCUT2D eigenvalue weighted by molar-refractivity contribution is -0.353. The van der Waals surface area contributed by atoms with E-state index in [4.69, 9.17) is 18.9 Å². The maximum absolute atomic E-state index is 15.0. The highest BCUT2D eigenvalue weighted by Gasteiger charge is 2.72. The Kier molecular flexibility index (Phi) is 10.6. The molecule has 0 radical (unpaired) electrons. The summed E-state index contributed by atoms with van der Waals surface area (Å²) in [5.74, 6) is -1.13. The molecule has 7 aliphatic rings. The van der Waals surface area contributed by atoms with Gasteiger partial charge in [-0.25, -0.2) is 0 Å². The molecule has 5 aliphatic carbocycles. The molecule has 20 unspecified atom stereocenters. The van der Waals surface area contributed by atoms with Crippen LogP contribution in [0, 0.1) is 50.7 Å². The van der Waals surface area contributed by atoms with Gasteiger partial charge in [-0.3, -0.25) is 4.79 Å². The Bertz CT molecular complexity index is 1500. The van der Waals surface area contributed by atoms with E-state index < -0.39 is 114 Å². The molecule has 0 bridgehead atoms. The zero-order chi connectivity index (χ0) is 40.4. The summed E-state index contributed by atoms with van der Waals surface area (Å²) < 4.78 is 23.3. The van der Waals surface area contributed by atoms with Crippen molar-refractivity contribution in [3.63, 3.8) is 0 Å². The lowest BCUT2D eigenvalue weighted by Gasteiger charge is -2.72. The van der Waals surface area contributed by atoms with Gasteiger partial charge in [-0.2, -0.15) is 0 Å². The molecule has 9 N–H and O–H groups in total. The molecule has 314 valence electrons. The van der Waals surface area contributed by atoms with E-state index in [9.17, 15) is 46.0 Å². The summed E-state index contributed by atoms with van der Waals surface area (Å²) in [5, 5.41) is 97.8. The van der Waals surface area contributed by atoms with Crippen molar-refractivity contribution in [3.05, 3.63) is 11.6 Å². The van der Waals surface area contributed by atoms with Crippen molar-refractivity contribution >= 4 is 5.97 Å². The Labute approximate surface area is 323 Å². The third-order valence-electron chi connectivity index (χ3n) is 17.2. The molecule has 0 amide bonds. The van der Waals surface area contributed by atoms with Crippen molar-refractivity contribution in [2.75, 3.05) is 13.2 Å². The second-order valence-electron chi connectivity index (χ2n) is 20.0. The Morgan fingerprint density at radius 1 is 0.836 bits per heavy atom. The van der Waals surface area contributed by atoms with Crippen LogP contribution in [0.15, 0.2) is 11.6 Å². The molecule has 4 saturated carbocycles. The van der Waals surface area contributed by atoms with Crippen LogP contribution < -0.4 is 0 Å². The monoisotopic (exact) mass is 782 g/mol. The van der Waals surface area contributed by atoms with Crippen molar-refractivity contribution in [1.29, 1.82) is 0 Å². The highest BCUT2D eigenvalue weighted by Crippen LogP contribution is 2.76. The highest BCUT2D eigenvalue weighted by molar-refractivity contribution is 5.79. The molecule has 6 fully saturated rings. The molecular formula is C41H66O14. The van der Waals surface area contributed by atoms with Gasteiger partial charge in [0.05, 0.1) is 36.4 Å². The number of aliphatic hydroxyl groups excluding tert-OH is 8. The van der Waals surface area contributed by atoms with E-state index in [1.165, 1.54) is 0 Å². The van der Waals surface area contributed by atoms with Crippen LogP contribution in [-0.4, -0.2) is 138 Å². The molecule has 55 heavy (non-hydrogen) atoms. The van der Waals surface area contributed by atoms with Gasteiger partial charge in [-0.15, -0.1) is 0 Å². The van der Waals surface area contributed by atoms with E-state index in [0.717, 1.165) is 18.4 Å². The first-order valence-corrected chi connectivity index (χ1v) is 20.5. The summed E-state index contributed by atoms with van der Waals surface area (Å²) in [6.07, 6.45) is -9.01. The van der Waals surface area contributed by atoms with Crippen LogP contribution in [0.4, 0.5) is 0 Å². The van der Waals surface area contributed by atoms with Gasteiger partial charge in [0.15, 0.2) is 12.4 Å². The summed E-state index contributed by atoms with van der Waals surface area (Å²) in [5.41, 5.74) is -2.95. The summed E-state index contributed by atoms with van der Waals surface area (Å²) in [6.45, 7) is 13.7. The number of carbonyl (C=O) groups is 1. The van der Waals surface area contributed by atoms with E-state index in [2.05, 4.69) is 40.7 Å². The zero-order valence-electron chi connectivity index (χ0n) is 33.4. The predicted molar refractivity (Wildman–Crippen MR) is 194 cm³/mol. The maximum atomic E-state index is 15.0. The van der Waals surface area contributed by atoms with Crippen molar-refractivity contribution in [1.82, 2.24) is 0 Å². The van der Waals surface area contributed by atoms with Gasteiger partial charge in [-0.05, 0) is 97.7 Å². The molecule has 20 atom stereocenters. The SMILES string of the molecule is CC1CCC2(C(=O)OC3OC(CO)C(O)C(O)C3OC3OCC(O)C(O)C3O)CCC3(C)C(=CCC4C5(C)CC(O)C(O)C(C)(C)C5CCC43C)C2C1(C)O. The highest BCUT2D eigenvalue weighted by atomic mass is 16.8. The first-order chi connectivity index (χ1) is 25.5. The van der Waals surface area contributed by atoms with Crippen LogP contribution in [0.3, 0.4) is 0 Å². The topological polar surface area (TPSA) is 236 Å². The summed E-state index contributed by atoms with van der Waals surface area (Å²) in [7, 11) is 0. The minimum atomic E-state index is -1.78. The number of fused-ring (bicyclic) bond motifs is 7. The minimum absolute atomic E-state index is 0.166. The number of aliphatic hydroxyl groups is 9. The lowest BCUT2D eigenvalue weighted by atomic mass is 9.33. The third kappa shape index (κ3) is 5.89. The van der Waals surface area contributed by atoms with Crippen LogP contribution in [0.1, 0.15) is 99.8 Å². The number of hydrogen-bond donors (Lipinski definition) is 9. The van der Waals surface area contributed by atoms with Crippen molar-refractivity contribution < 1.29 is 69.7 Å². The second kappa shape index (κ2) is 13.9. The van der Waals surface area contributed by atoms with Gasteiger partial charge in [0, 0.05) is 5.92 Å². The molecule has 0 spiro atoms. The molecule has 0 aromatic heterocycles. The van der Waals surface area contributed by atoms with E-state index >= 15 is 4.79 Å². The number of allylic oxidation sites excluding steroid dienone is 1. The van der Waals surface area contributed by atoms with Gasteiger partial charge in [0.1, 0.15) is 36.6 Å². The summed E-state index contributed by atoms with van der Waals surface area (Å²) >= 11 is 0. The fourth-order valence-electron chi connectivity index (χ4n) is 13.5. The van der Waals surface area contributed by atoms with E-state index in [1.807, 2.05) is 6.92 Å². The molecular weight excluding hydrogens is 716 g/mol. The quantitative estimate of drug-likeness (QED) is 0.139. The maximum Gasteiger partial charge on any atom is 0.315 e. The Hall–Kier alpha value is -1.27. The number of rotatable bonds is 5. The van der Waals surface area contributed by atoms with Crippen molar-refractivity contribution in [3.8, 4) is 0 Å². The van der Waals surface area contributed by atoms with Gasteiger partial charge in [0.2, 0.25) is 6.29 Å². The average molecular weight is 783 g/mol. The number of esters is 1. The van der Waals surface area contributed by atoms with Crippen LogP contribution >= 0.6 is 0 Å². The molecule has 7 rings (SSSR count). The Balaban J connectivity index is 1.24. The number of carbonyl (C=O) groups excluding carboxylic acids is 1. The molecule has 2 saturated heterocycles. The van der Waals surface area contributed by atoms with Gasteiger partial charge in [0.25, 0.3) is 0 Å². The molecule has 0 aromatic carbocycles. The molecule has 0 aromatic rings. The molecule has 14 nitrogen and oxygen atoms in total. The van der Waals surface area contributed by atoms with Crippen LogP contribution in [0.25, 0.3) is 0 Å². The standard InChI is InChI=1S/C41H66O14/c1-19-10-13-41(35(50)55-34-30(28(47)27(46)23(17-42)53-34)54-33-29(48)26(45)22(44)18-52-33)15-14-38(5)20(31(41)40(19,7)51)8-9-25-37(4)16-21(43)32(49)36(2,3)24(37)11-12-39(25,38)6/h8,19,21-34,42-49,51H,9-18H2,1-7H3. The van der Waals surface area contributed by atoms with Crippen molar-refractivity contribution in [2.45, 2.75) is 173 Å². The average Bonchev–Trinajstić information content (AvgIpc) is 3.12. The molecule has 2 aliphatic heterocycles. The van der Waals surface area contributed by atoms with Gasteiger partial charge < -0.3 is 64.9 Å². The first kappa shape index (κ1) is 41.9. The van der Waals surface area contributed by atoms with Crippen LogP contribution in [0.5, 0.6) is 0 Å².